The van der Waals surface area contributed by atoms with Crippen LogP contribution in [0.1, 0.15) is 37.8 Å². The van der Waals surface area contributed by atoms with E-state index in [1.165, 1.54) is 10.5 Å². The summed E-state index contributed by atoms with van der Waals surface area (Å²) in [7, 11) is 0. The predicted octanol–water partition coefficient (Wildman–Crippen LogP) is 2.40. The van der Waals surface area contributed by atoms with Gasteiger partial charge in [0.15, 0.2) is 0 Å². The molecule has 1 saturated heterocycles. The van der Waals surface area contributed by atoms with Crippen LogP contribution in [0.2, 0.25) is 0 Å². The molecular formula is C16H22N2O3. The van der Waals surface area contributed by atoms with E-state index in [0.29, 0.717) is 19.5 Å². The maximum atomic E-state index is 12.3. The smallest absolute Gasteiger partial charge is 0.329 e. The Hall–Kier alpha value is -2.04. The Morgan fingerprint density at radius 1 is 1.33 bits per heavy atom. The average Bonchev–Trinajstić information content (AvgIpc) is 2.88. The van der Waals surface area contributed by atoms with Gasteiger partial charge in [-0.25, -0.2) is 9.59 Å². The fourth-order valence-corrected chi connectivity index (χ4v) is 2.85. The number of amides is 2. The molecule has 1 aromatic carbocycles. The lowest BCUT2D eigenvalue weighted by atomic mass is 10.00. The van der Waals surface area contributed by atoms with E-state index in [9.17, 15) is 14.7 Å². The van der Waals surface area contributed by atoms with Crippen LogP contribution in [0, 0.1) is 0 Å². The van der Waals surface area contributed by atoms with Gasteiger partial charge < -0.3 is 15.3 Å². The Kier molecular flexibility index (Phi) is 4.50. The fraction of sp³-hybridized carbons (Fsp3) is 0.500. The normalized spacial score (nSPS) is 21.3. The summed E-state index contributed by atoms with van der Waals surface area (Å²) < 4.78 is 0. The summed E-state index contributed by atoms with van der Waals surface area (Å²) >= 11 is 0. The van der Waals surface area contributed by atoms with Gasteiger partial charge in [-0.3, -0.25) is 0 Å². The summed E-state index contributed by atoms with van der Waals surface area (Å²) in [5.74, 6) is -0.941. The van der Waals surface area contributed by atoms with E-state index >= 15 is 0 Å². The minimum Gasteiger partial charge on any atom is -0.480 e. The van der Waals surface area contributed by atoms with E-state index in [0.717, 1.165) is 18.4 Å². The van der Waals surface area contributed by atoms with Crippen molar-refractivity contribution in [3.8, 4) is 0 Å². The van der Waals surface area contributed by atoms with Gasteiger partial charge in [0.05, 0.1) is 0 Å². The van der Waals surface area contributed by atoms with Gasteiger partial charge >= 0.3 is 12.0 Å². The Bertz CT molecular complexity index is 544. The van der Waals surface area contributed by atoms with Crippen LogP contribution in [-0.4, -0.2) is 34.1 Å². The maximum Gasteiger partial charge on any atom is 0.329 e. The topological polar surface area (TPSA) is 69.6 Å². The second-order valence-corrected chi connectivity index (χ2v) is 5.62. The van der Waals surface area contributed by atoms with E-state index < -0.39 is 11.5 Å². The van der Waals surface area contributed by atoms with E-state index in [1.54, 1.807) is 6.92 Å². The SMILES string of the molecule is CCc1ccccc1CNC(=O)N1CCCC1(C)C(=O)O. The number of nitrogens with zero attached hydrogens (tertiary/aromatic N) is 1. The van der Waals surface area contributed by atoms with Crippen LogP contribution in [0.15, 0.2) is 24.3 Å². The molecule has 1 fully saturated rings. The highest BCUT2D eigenvalue weighted by molar-refractivity contribution is 5.86. The van der Waals surface area contributed by atoms with Crippen LogP contribution in [0.5, 0.6) is 0 Å². The van der Waals surface area contributed by atoms with Crippen molar-refractivity contribution < 1.29 is 14.7 Å². The summed E-state index contributed by atoms with van der Waals surface area (Å²) in [5.41, 5.74) is 1.18. The van der Waals surface area contributed by atoms with Gasteiger partial charge in [-0.05, 0) is 37.3 Å². The molecule has 2 amide bonds. The zero-order chi connectivity index (χ0) is 15.5. The lowest BCUT2D eigenvalue weighted by Crippen LogP contribution is -2.53. The average molecular weight is 290 g/mol. The zero-order valence-electron chi connectivity index (χ0n) is 12.6. The molecule has 0 aliphatic carbocycles. The first-order valence-corrected chi connectivity index (χ1v) is 7.34. The molecule has 1 heterocycles. The van der Waals surface area contributed by atoms with Gasteiger partial charge in [0.25, 0.3) is 0 Å². The van der Waals surface area contributed by atoms with Crippen molar-refractivity contribution in [3.63, 3.8) is 0 Å². The number of hydrogen-bond acceptors (Lipinski definition) is 2. The number of carboxylic acid groups (broad SMARTS) is 1. The van der Waals surface area contributed by atoms with Crippen LogP contribution >= 0.6 is 0 Å². The highest BCUT2D eigenvalue weighted by Crippen LogP contribution is 2.29. The molecule has 1 aliphatic heterocycles. The number of likely N-dealkylation sites (tertiary alicyclic amines) is 1. The Morgan fingerprint density at radius 2 is 2.00 bits per heavy atom. The van der Waals surface area contributed by atoms with Crippen molar-refractivity contribution in [1.29, 1.82) is 0 Å². The molecule has 5 heteroatoms. The van der Waals surface area contributed by atoms with Gasteiger partial charge in [-0.15, -0.1) is 0 Å². The molecule has 0 saturated carbocycles. The number of hydrogen-bond donors (Lipinski definition) is 2. The van der Waals surface area contributed by atoms with Crippen molar-refractivity contribution in [1.82, 2.24) is 10.2 Å². The molecule has 1 aliphatic rings. The first kappa shape index (κ1) is 15.4. The van der Waals surface area contributed by atoms with Crippen LogP contribution < -0.4 is 5.32 Å². The fourth-order valence-electron chi connectivity index (χ4n) is 2.85. The molecule has 1 atom stereocenters. The Labute approximate surface area is 125 Å². The van der Waals surface area contributed by atoms with Crippen LogP contribution in [0.3, 0.4) is 0 Å². The number of carboxylic acids is 1. The van der Waals surface area contributed by atoms with Crippen molar-refractivity contribution in [2.45, 2.75) is 45.2 Å². The third-order valence-corrected chi connectivity index (χ3v) is 4.28. The minimum absolute atomic E-state index is 0.302. The molecule has 2 N–H and O–H groups in total. The maximum absolute atomic E-state index is 12.3. The monoisotopic (exact) mass is 290 g/mol. The molecule has 0 radical (unpaired) electrons. The second kappa shape index (κ2) is 6.16. The zero-order valence-corrected chi connectivity index (χ0v) is 12.6. The third kappa shape index (κ3) is 3.01. The number of aliphatic carboxylic acids is 1. The molecule has 2 rings (SSSR count). The van der Waals surface area contributed by atoms with E-state index in [-0.39, 0.29) is 6.03 Å². The number of aryl methyl sites for hydroxylation is 1. The van der Waals surface area contributed by atoms with Gasteiger partial charge in [0, 0.05) is 13.1 Å². The molecule has 0 spiro atoms. The quantitative estimate of drug-likeness (QED) is 0.894. The number of urea groups is 1. The number of carbonyl (C=O) groups excluding carboxylic acids is 1. The molecule has 0 aromatic heterocycles. The van der Waals surface area contributed by atoms with Crippen molar-refractivity contribution in [2.24, 2.45) is 0 Å². The number of nitrogens with one attached hydrogen (secondary N) is 1. The number of carbonyl (C=O) groups is 2. The molecule has 1 aromatic rings. The third-order valence-electron chi connectivity index (χ3n) is 4.28. The molecule has 114 valence electrons. The highest BCUT2D eigenvalue weighted by Gasteiger charge is 2.45. The van der Waals surface area contributed by atoms with Gasteiger partial charge in [0.2, 0.25) is 0 Å². The molecule has 5 nitrogen and oxygen atoms in total. The number of benzene rings is 1. The van der Waals surface area contributed by atoms with Crippen LogP contribution in [0.25, 0.3) is 0 Å². The summed E-state index contributed by atoms with van der Waals surface area (Å²) in [6.45, 7) is 4.60. The first-order chi connectivity index (χ1) is 9.99. The number of rotatable bonds is 4. The minimum atomic E-state index is -1.09. The molecular weight excluding hydrogens is 268 g/mol. The van der Waals surface area contributed by atoms with E-state index in [2.05, 4.69) is 12.2 Å². The van der Waals surface area contributed by atoms with E-state index in [1.807, 2.05) is 24.3 Å². The summed E-state index contributed by atoms with van der Waals surface area (Å²) in [6.07, 6.45) is 2.13. The van der Waals surface area contributed by atoms with Gasteiger partial charge in [-0.2, -0.15) is 0 Å². The van der Waals surface area contributed by atoms with Crippen LogP contribution in [-0.2, 0) is 17.8 Å². The molecule has 1 unspecified atom stereocenters. The van der Waals surface area contributed by atoms with Crippen molar-refractivity contribution in [3.05, 3.63) is 35.4 Å². The summed E-state index contributed by atoms with van der Waals surface area (Å²) in [4.78, 5) is 25.1. The summed E-state index contributed by atoms with van der Waals surface area (Å²) in [5, 5.41) is 12.2. The van der Waals surface area contributed by atoms with Crippen LogP contribution in [0.4, 0.5) is 4.79 Å². The standard InChI is InChI=1S/C16H22N2O3/c1-3-12-7-4-5-8-13(12)11-17-15(21)18-10-6-9-16(18,2)14(19)20/h4-5,7-8H,3,6,9-11H2,1-2H3,(H,17,21)(H,19,20). The highest BCUT2D eigenvalue weighted by atomic mass is 16.4. The second-order valence-electron chi connectivity index (χ2n) is 5.62. The predicted molar refractivity (Wildman–Crippen MR) is 80.0 cm³/mol. The largest absolute Gasteiger partial charge is 0.480 e. The first-order valence-electron chi connectivity index (χ1n) is 7.34. The van der Waals surface area contributed by atoms with Gasteiger partial charge in [0.1, 0.15) is 5.54 Å². The Morgan fingerprint density at radius 3 is 2.62 bits per heavy atom. The van der Waals surface area contributed by atoms with E-state index in [4.69, 9.17) is 0 Å². The molecule has 0 bridgehead atoms. The summed E-state index contributed by atoms with van der Waals surface area (Å²) in [6, 6.07) is 7.64. The van der Waals surface area contributed by atoms with Gasteiger partial charge in [-0.1, -0.05) is 31.2 Å². The Balaban J connectivity index is 2.03. The molecule has 21 heavy (non-hydrogen) atoms. The lowest BCUT2D eigenvalue weighted by molar-refractivity contribution is -0.147. The van der Waals surface area contributed by atoms with Crippen molar-refractivity contribution in [2.75, 3.05) is 6.54 Å². The lowest BCUT2D eigenvalue weighted by Gasteiger charge is -2.31. The van der Waals surface area contributed by atoms with Crippen molar-refractivity contribution >= 4 is 12.0 Å².